The fraction of sp³-hybridized carbons (Fsp3) is 0.545. The van der Waals surface area contributed by atoms with Crippen LogP contribution in [0.1, 0.15) is 29.6 Å². The van der Waals surface area contributed by atoms with Gasteiger partial charge in [-0.3, -0.25) is 4.79 Å². The van der Waals surface area contributed by atoms with Crippen LogP contribution in [-0.4, -0.2) is 23.7 Å². The molecule has 1 aliphatic carbocycles. The zero-order valence-corrected chi connectivity index (χ0v) is 8.48. The van der Waals surface area contributed by atoms with Gasteiger partial charge in [0.15, 0.2) is 0 Å². The monoisotopic (exact) mass is 209 g/mol. The number of amides is 1. The normalized spacial score (nSPS) is 25.4. The van der Waals surface area contributed by atoms with E-state index in [1.807, 2.05) is 0 Å². The lowest BCUT2D eigenvalue weighted by molar-refractivity contribution is 0.0916. The second kappa shape index (κ2) is 4.49. The number of nitrogens with one attached hydrogen (secondary N) is 1. The topological polar surface area (TPSA) is 62.5 Å². The van der Waals surface area contributed by atoms with E-state index in [1.54, 1.807) is 6.07 Å². The van der Waals surface area contributed by atoms with E-state index in [4.69, 9.17) is 4.42 Å². The molecule has 1 aliphatic rings. The molecule has 1 amide bonds. The number of rotatable bonds is 3. The summed E-state index contributed by atoms with van der Waals surface area (Å²) in [6.07, 6.45) is 5.53. The predicted molar refractivity (Wildman–Crippen MR) is 54.4 cm³/mol. The zero-order chi connectivity index (χ0) is 10.7. The van der Waals surface area contributed by atoms with Crippen LogP contribution in [0.2, 0.25) is 0 Å². The van der Waals surface area contributed by atoms with E-state index in [1.165, 1.54) is 12.5 Å². The van der Waals surface area contributed by atoms with E-state index in [0.717, 1.165) is 19.3 Å². The van der Waals surface area contributed by atoms with Gasteiger partial charge in [-0.1, -0.05) is 6.42 Å². The van der Waals surface area contributed by atoms with E-state index in [9.17, 15) is 9.90 Å². The molecule has 0 radical (unpaired) electrons. The predicted octanol–water partition coefficient (Wildman–Crippen LogP) is 1.17. The number of furan rings is 1. The first-order chi connectivity index (χ1) is 7.27. The molecule has 1 heterocycles. The summed E-state index contributed by atoms with van der Waals surface area (Å²) >= 11 is 0. The quantitative estimate of drug-likeness (QED) is 0.785. The molecule has 0 aromatic carbocycles. The molecule has 2 N–H and O–H groups in total. The highest BCUT2D eigenvalue weighted by molar-refractivity contribution is 5.93. The molecule has 0 bridgehead atoms. The van der Waals surface area contributed by atoms with Crippen LogP contribution in [0, 0.1) is 5.92 Å². The Bertz CT molecular complexity index is 321. The highest BCUT2D eigenvalue weighted by Crippen LogP contribution is 2.24. The van der Waals surface area contributed by atoms with Gasteiger partial charge in [0.25, 0.3) is 5.91 Å². The molecule has 82 valence electrons. The first-order valence-electron chi connectivity index (χ1n) is 5.26. The summed E-state index contributed by atoms with van der Waals surface area (Å²) < 4.78 is 4.82. The van der Waals surface area contributed by atoms with Gasteiger partial charge in [-0.15, -0.1) is 0 Å². The van der Waals surface area contributed by atoms with E-state index in [-0.39, 0.29) is 17.9 Å². The average Bonchev–Trinajstić information content (AvgIpc) is 2.85. The van der Waals surface area contributed by atoms with Crippen molar-refractivity contribution in [1.82, 2.24) is 5.32 Å². The lowest BCUT2D eigenvalue weighted by Gasteiger charge is -2.14. The van der Waals surface area contributed by atoms with Crippen molar-refractivity contribution in [2.24, 2.45) is 5.92 Å². The molecule has 2 atom stereocenters. The summed E-state index contributed by atoms with van der Waals surface area (Å²) in [5.41, 5.74) is 0.530. The maximum absolute atomic E-state index is 11.5. The van der Waals surface area contributed by atoms with Crippen molar-refractivity contribution in [2.45, 2.75) is 25.4 Å². The van der Waals surface area contributed by atoms with Gasteiger partial charge in [0.2, 0.25) is 0 Å². The van der Waals surface area contributed by atoms with Gasteiger partial charge < -0.3 is 14.8 Å². The molecule has 1 aromatic rings. The van der Waals surface area contributed by atoms with Crippen molar-refractivity contribution < 1.29 is 14.3 Å². The molecule has 15 heavy (non-hydrogen) atoms. The second-order valence-electron chi connectivity index (χ2n) is 3.98. The second-order valence-corrected chi connectivity index (χ2v) is 3.98. The summed E-state index contributed by atoms with van der Waals surface area (Å²) in [6.45, 7) is 0.547. The lowest BCUT2D eigenvalue weighted by Crippen LogP contribution is -2.32. The van der Waals surface area contributed by atoms with Gasteiger partial charge in [-0.25, -0.2) is 0 Å². The van der Waals surface area contributed by atoms with Gasteiger partial charge in [-0.2, -0.15) is 0 Å². The summed E-state index contributed by atoms with van der Waals surface area (Å²) in [7, 11) is 0. The van der Waals surface area contributed by atoms with Gasteiger partial charge in [0.05, 0.1) is 17.9 Å². The van der Waals surface area contributed by atoms with Crippen LogP contribution in [0.3, 0.4) is 0 Å². The van der Waals surface area contributed by atoms with Gasteiger partial charge >= 0.3 is 0 Å². The molecule has 0 aliphatic heterocycles. The van der Waals surface area contributed by atoms with Crippen molar-refractivity contribution in [3.05, 3.63) is 24.2 Å². The number of carbonyl (C=O) groups is 1. The van der Waals surface area contributed by atoms with Crippen molar-refractivity contribution >= 4 is 5.91 Å². The number of carbonyl (C=O) groups excluding carboxylic acids is 1. The molecular weight excluding hydrogens is 194 g/mol. The molecule has 0 saturated heterocycles. The molecule has 1 saturated carbocycles. The fourth-order valence-corrected chi connectivity index (χ4v) is 1.97. The minimum Gasteiger partial charge on any atom is -0.472 e. The summed E-state index contributed by atoms with van der Waals surface area (Å²) in [4.78, 5) is 11.5. The van der Waals surface area contributed by atoms with Crippen molar-refractivity contribution in [3.63, 3.8) is 0 Å². The Morgan fingerprint density at radius 2 is 2.47 bits per heavy atom. The van der Waals surface area contributed by atoms with Crippen LogP contribution < -0.4 is 5.32 Å². The molecule has 1 fully saturated rings. The standard InChI is InChI=1S/C11H15NO3/c13-10-3-1-2-8(10)6-12-11(14)9-4-5-15-7-9/h4-5,7-8,10,13H,1-3,6H2,(H,12,14). The van der Waals surface area contributed by atoms with E-state index in [0.29, 0.717) is 12.1 Å². The maximum atomic E-state index is 11.5. The van der Waals surface area contributed by atoms with E-state index in [2.05, 4.69) is 5.32 Å². The van der Waals surface area contributed by atoms with Crippen LogP contribution >= 0.6 is 0 Å². The number of hydrogen-bond acceptors (Lipinski definition) is 3. The summed E-state index contributed by atoms with van der Waals surface area (Å²) in [5, 5.41) is 12.4. The number of hydrogen-bond donors (Lipinski definition) is 2. The van der Waals surface area contributed by atoms with Crippen molar-refractivity contribution in [2.75, 3.05) is 6.54 Å². The van der Waals surface area contributed by atoms with Crippen LogP contribution in [0.5, 0.6) is 0 Å². The van der Waals surface area contributed by atoms with Crippen LogP contribution in [0.4, 0.5) is 0 Å². The molecular formula is C11H15NO3. The Kier molecular flexibility index (Phi) is 3.06. The molecule has 4 heteroatoms. The van der Waals surface area contributed by atoms with Gasteiger partial charge in [0.1, 0.15) is 6.26 Å². The third-order valence-corrected chi connectivity index (χ3v) is 2.93. The minimum absolute atomic E-state index is 0.136. The van der Waals surface area contributed by atoms with Crippen molar-refractivity contribution in [3.8, 4) is 0 Å². The highest BCUT2D eigenvalue weighted by atomic mass is 16.3. The fourth-order valence-electron chi connectivity index (χ4n) is 1.97. The molecule has 2 unspecified atom stereocenters. The molecule has 1 aromatic heterocycles. The van der Waals surface area contributed by atoms with Gasteiger partial charge in [0, 0.05) is 12.5 Å². The molecule has 2 rings (SSSR count). The summed E-state index contributed by atoms with van der Waals surface area (Å²) in [5.74, 6) is 0.0729. The largest absolute Gasteiger partial charge is 0.472 e. The Morgan fingerprint density at radius 3 is 3.07 bits per heavy atom. The van der Waals surface area contributed by atoms with Crippen LogP contribution in [0.25, 0.3) is 0 Å². The molecule has 4 nitrogen and oxygen atoms in total. The van der Waals surface area contributed by atoms with Crippen LogP contribution in [-0.2, 0) is 0 Å². The Hall–Kier alpha value is -1.29. The minimum atomic E-state index is -0.255. The number of aliphatic hydroxyl groups is 1. The first-order valence-corrected chi connectivity index (χ1v) is 5.26. The van der Waals surface area contributed by atoms with Crippen LogP contribution in [0.15, 0.2) is 23.0 Å². The zero-order valence-electron chi connectivity index (χ0n) is 8.48. The third kappa shape index (κ3) is 2.39. The van der Waals surface area contributed by atoms with E-state index >= 15 is 0 Å². The number of aliphatic hydroxyl groups excluding tert-OH is 1. The van der Waals surface area contributed by atoms with Crippen molar-refractivity contribution in [1.29, 1.82) is 0 Å². The van der Waals surface area contributed by atoms with Gasteiger partial charge in [-0.05, 0) is 18.9 Å². The Labute approximate surface area is 88.3 Å². The average molecular weight is 209 g/mol. The Morgan fingerprint density at radius 1 is 1.60 bits per heavy atom. The third-order valence-electron chi connectivity index (χ3n) is 2.93. The lowest BCUT2D eigenvalue weighted by atomic mass is 10.1. The SMILES string of the molecule is O=C(NCC1CCCC1O)c1ccoc1. The molecule has 0 spiro atoms. The first kappa shape index (κ1) is 10.2. The smallest absolute Gasteiger partial charge is 0.254 e. The summed E-state index contributed by atoms with van der Waals surface area (Å²) in [6, 6.07) is 1.63. The highest BCUT2D eigenvalue weighted by Gasteiger charge is 2.25. The Balaban J connectivity index is 1.81. The maximum Gasteiger partial charge on any atom is 0.254 e. The van der Waals surface area contributed by atoms with E-state index < -0.39 is 0 Å².